The molecule has 0 aliphatic carbocycles. The van der Waals surface area contributed by atoms with Crippen LogP contribution in [0.5, 0.6) is 0 Å². The van der Waals surface area contributed by atoms with Crippen molar-refractivity contribution < 1.29 is 14.1 Å². The molecule has 3 rings (SSSR count). The Hall–Kier alpha value is -2.62. The summed E-state index contributed by atoms with van der Waals surface area (Å²) in [7, 11) is 2.01. The number of halogens is 1. The van der Waals surface area contributed by atoms with Crippen molar-refractivity contribution in [3.63, 3.8) is 0 Å². The standard InChI is InChI=1S/C23H27IN4O3/c1-17-14-19(31-26-17)15-22(29)28-13-7-10-21(28)23(30)25-11-5-3-4-8-18(16-24)20-9-6-12-27(20)2/h3-6,8-9,12,14,16,21H,7,10-11,13,15H2,1-2H3,(H,25,30)/b5-3+,8-4-,18-16+. The van der Waals surface area contributed by atoms with E-state index in [0.29, 0.717) is 25.3 Å². The molecule has 7 nitrogen and oxygen atoms in total. The van der Waals surface area contributed by atoms with Gasteiger partial charge in [0.25, 0.3) is 0 Å². The van der Waals surface area contributed by atoms with Gasteiger partial charge in [-0.25, -0.2) is 0 Å². The lowest BCUT2D eigenvalue weighted by atomic mass is 10.2. The van der Waals surface area contributed by atoms with Crippen molar-refractivity contribution in [2.75, 3.05) is 13.1 Å². The van der Waals surface area contributed by atoms with Gasteiger partial charge in [-0.15, -0.1) is 0 Å². The van der Waals surface area contributed by atoms with Gasteiger partial charge in [0.1, 0.15) is 11.8 Å². The summed E-state index contributed by atoms with van der Waals surface area (Å²) in [5, 5.41) is 6.71. The highest BCUT2D eigenvalue weighted by molar-refractivity contribution is 14.1. The number of likely N-dealkylation sites (tertiary alicyclic amines) is 1. The van der Waals surface area contributed by atoms with Crippen LogP contribution in [0.25, 0.3) is 5.57 Å². The minimum absolute atomic E-state index is 0.105. The summed E-state index contributed by atoms with van der Waals surface area (Å²) < 4.78 is 9.23. The Kier molecular flexibility index (Phi) is 8.27. The van der Waals surface area contributed by atoms with Gasteiger partial charge in [0, 0.05) is 43.7 Å². The Labute approximate surface area is 196 Å². The van der Waals surface area contributed by atoms with Gasteiger partial charge in [-0.1, -0.05) is 52.1 Å². The molecule has 0 radical (unpaired) electrons. The first-order valence-corrected chi connectivity index (χ1v) is 11.5. The highest BCUT2D eigenvalue weighted by Crippen LogP contribution is 2.20. The normalized spacial score (nSPS) is 17.2. The van der Waals surface area contributed by atoms with Gasteiger partial charge in [-0.05, 0) is 36.0 Å². The number of allylic oxidation sites excluding steroid dienone is 4. The molecule has 8 heteroatoms. The van der Waals surface area contributed by atoms with Crippen LogP contribution in [-0.2, 0) is 23.1 Å². The number of carbonyl (C=O) groups is 2. The van der Waals surface area contributed by atoms with Gasteiger partial charge < -0.3 is 19.3 Å². The number of rotatable bonds is 8. The summed E-state index contributed by atoms with van der Waals surface area (Å²) >= 11 is 2.23. The molecule has 1 N–H and O–H groups in total. The molecule has 2 aromatic heterocycles. The van der Waals surface area contributed by atoms with E-state index in [1.165, 1.54) is 0 Å². The first-order valence-electron chi connectivity index (χ1n) is 10.2. The minimum Gasteiger partial charge on any atom is -0.361 e. The molecule has 0 spiro atoms. The molecule has 164 valence electrons. The molecule has 0 bridgehead atoms. The topological polar surface area (TPSA) is 80.4 Å². The van der Waals surface area contributed by atoms with Gasteiger partial charge in [0.05, 0.1) is 12.1 Å². The third-order valence-electron chi connectivity index (χ3n) is 5.15. The molecular formula is C23H27IN4O3. The fraction of sp³-hybridized carbons (Fsp3) is 0.348. The monoisotopic (exact) mass is 534 g/mol. The van der Waals surface area contributed by atoms with Crippen molar-refractivity contribution in [3.8, 4) is 0 Å². The summed E-state index contributed by atoms with van der Waals surface area (Å²) in [4.78, 5) is 26.8. The Morgan fingerprint density at radius 2 is 2.23 bits per heavy atom. The van der Waals surface area contributed by atoms with E-state index >= 15 is 0 Å². The molecule has 1 atom stereocenters. The van der Waals surface area contributed by atoms with Crippen LogP contribution >= 0.6 is 22.6 Å². The molecule has 31 heavy (non-hydrogen) atoms. The van der Waals surface area contributed by atoms with Crippen molar-refractivity contribution >= 4 is 40.0 Å². The zero-order valence-electron chi connectivity index (χ0n) is 17.8. The number of hydrogen-bond acceptors (Lipinski definition) is 4. The van der Waals surface area contributed by atoms with Crippen LogP contribution in [-0.4, -0.2) is 45.6 Å². The van der Waals surface area contributed by atoms with Gasteiger partial charge >= 0.3 is 0 Å². The maximum atomic E-state index is 12.6. The zero-order valence-corrected chi connectivity index (χ0v) is 19.9. The average molecular weight is 534 g/mol. The van der Waals surface area contributed by atoms with E-state index in [1.807, 2.05) is 54.6 Å². The van der Waals surface area contributed by atoms with Crippen LogP contribution in [0.15, 0.2) is 57.3 Å². The van der Waals surface area contributed by atoms with E-state index in [2.05, 4.69) is 43.7 Å². The molecular weight excluding hydrogens is 507 g/mol. The number of aromatic nitrogens is 2. The number of nitrogens with one attached hydrogen (secondary N) is 1. The third kappa shape index (κ3) is 6.19. The van der Waals surface area contributed by atoms with Gasteiger partial charge in [0.15, 0.2) is 0 Å². The number of aryl methyl sites for hydroxylation is 2. The maximum absolute atomic E-state index is 12.6. The molecule has 1 fully saturated rings. The van der Waals surface area contributed by atoms with E-state index < -0.39 is 6.04 Å². The van der Waals surface area contributed by atoms with Gasteiger partial charge in [-0.2, -0.15) is 0 Å². The molecule has 0 saturated carbocycles. The number of amides is 2. The van der Waals surface area contributed by atoms with Crippen LogP contribution < -0.4 is 5.32 Å². The van der Waals surface area contributed by atoms with E-state index in [4.69, 9.17) is 4.52 Å². The minimum atomic E-state index is -0.425. The van der Waals surface area contributed by atoms with Gasteiger partial charge in [-0.3, -0.25) is 9.59 Å². The van der Waals surface area contributed by atoms with Crippen molar-refractivity contribution in [1.29, 1.82) is 0 Å². The average Bonchev–Trinajstić information content (AvgIpc) is 3.49. The molecule has 1 aliphatic rings. The highest BCUT2D eigenvalue weighted by atomic mass is 127. The quantitative estimate of drug-likeness (QED) is 0.415. The second kappa shape index (κ2) is 11.1. The fourth-order valence-corrected chi connectivity index (χ4v) is 4.14. The molecule has 1 aliphatic heterocycles. The Morgan fingerprint density at radius 3 is 2.90 bits per heavy atom. The largest absolute Gasteiger partial charge is 0.361 e. The molecule has 2 amide bonds. The highest BCUT2D eigenvalue weighted by Gasteiger charge is 2.34. The molecule has 2 aromatic rings. The van der Waals surface area contributed by atoms with Crippen LogP contribution in [0.3, 0.4) is 0 Å². The van der Waals surface area contributed by atoms with E-state index in [0.717, 1.165) is 23.4 Å². The molecule has 0 aromatic carbocycles. The number of nitrogens with zero attached hydrogens (tertiary/aromatic N) is 3. The predicted octanol–water partition coefficient (Wildman–Crippen LogP) is 3.56. The molecule has 3 heterocycles. The fourth-order valence-electron chi connectivity index (χ4n) is 3.61. The lowest BCUT2D eigenvalue weighted by molar-refractivity contribution is -0.138. The van der Waals surface area contributed by atoms with Crippen molar-refractivity contribution in [2.24, 2.45) is 7.05 Å². The van der Waals surface area contributed by atoms with Crippen molar-refractivity contribution in [1.82, 2.24) is 19.9 Å². The Balaban J connectivity index is 1.47. The SMILES string of the molecule is Cc1cc(CC(=O)N2CCCC2C(=O)NC/C=C/C=C\C(=C/I)c2cccn2C)on1. The van der Waals surface area contributed by atoms with Crippen LogP contribution in [0.4, 0.5) is 0 Å². The smallest absolute Gasteiger partial charge is 0.243 e. The summed E-state index contributed by atoms with van der Waals surface area (Å²) in [5.41, 5.74) is 2.99. The van der Waals surface area contributed by atoms with Crippen LogP contribution in [0, 0.1) is 6.92 Å². The van der Waals surface area contributed by atoms with E-state index in [1.54, 1.807) is 11.0 Å². The lowest BCUT2D eigenvalue weighted by Gasteiger charge is -2.23. The Morgan fingerprint density at radius 1 is 1.39 bits per heavy atom. The molecule has 1 saturated heterocycles. The summed E-state index contributed by atoms with van der Waals surface area (Å²) in [6, 6.07) is 5.40. The maximum Gasteiger partial charge on any atom is 0.243 e. The first kappa shape index (κ1) is 23.1. The Bertz CT molecular complexity index is 1000. The number of carbonyl (C=O) groups excluding carboxylic acids is 2. The van der Waals surface area contributed by atoms with Crippen LogP contribution in [0.2, 0.25) is 0 Å². The lowest BCUT2D eigenvalue weighted by Crippen LogP contribution is -2.46. The second-order valence-electron chi connectivity index (χ2n) is 7.46. The van der Waals surface area contributed by atoms with Crippen molar-refractivity contribution in [2.45, 2.75) is 32.2 Å². The van der Waals surface area contributed by atoms with E-state index in [-0.39, 0.29) is 18.2 Å². The number of hydrogen-bond donors (Lipinski definition) is 1. The predicted molar refractivity (Wildman–Crippen MR) is 128 cm³/mol. The summed E-state index contributed by atoms with van der Waals surface area (Å²) in [6.45, 7) is 2.82. The zero-order chi connectivity index (χ0) is 22.2. The van der Waals surface area contributed by atoms with E-state index in [9.17, 15) is 9.59 Å². The second-order valence-corrected chi connectivity index (χ2v) is 8.08. The van der Waals surface area contributed by atoms with Gasteiger partial charge in [0.2, 0.25) is 11.8 Å². The summed E-state index contributed by atoms with van der Waals surface area (Å²) in [5.74, 6) is 0.300. The molecule has 1 unspecified atom stereocenters. The van der Waals surface area contributed by atoms with Crippen LogP contribution in [0.1, 0.15) is 30.0 Å². The van der Waals surface area contributed by atoms with Crippen molar-refractivity contribution in [3.05, 3.63) is 69.9 Å². The summed E-state index contributed by atoms with van der Waals surface area (Å²) in [6.07, 6.45) is 11.4. The third-order valence-corrected chi connectivity index (χ3v) is 5.82. The first-order chi connectivity index (χ1) is 15.0.